The van der Waals surface area contributed by atoms with Crippen LogP contribution in [0.1, 0.15) is 16.1 Å². The smallest absolute Gasteiger partial charge is 0.256 e. The van der Waals surface area contributed by atoms with Crippen LogP contribution in [0.15, 0.2) is 52.9 Å². The summed E-state index contributed by atoms with van der Waals surface area (Å²) in [6, 6.07) is 13.5. The Morgan fingerprint density at radius 3 is 2.38 bits per heavy atom. The van der Waals surface area contributed by atoms with E-state index in [2.05, 4.69) is 4.98 Å². The molecule has 2 heterocycles. The van der Waals surface area contributed by atoms with Crippen LogP contribution in [0, 0.1) is 23.0 Å². The lowest BCUT2D eigenvalue weighted by molar-refractivity contribution is 0.0740. The Labute approximate surface area is 165 Å². The first-order valence-electron chi connectivity index (χ1n) is 9.02. The van der Waals surface area contributed by atoms with E-state index in [-0.39, 0.29) is 28.9 Å². The molecular formula is C21H16F2N4O2. The van der Waals surface area contributed by atoms with E-state index in [1.807, 2.05) is 11.0 Å². The maximum absolute atomic E-state index is 13.9. The molecule has 29 heavy (non-hydrogen) atoms. The minimum Gasteiger partial charge on any atom is -0.419 e. The van der Waals surface area contributed by atoms with E-state index in [0.717, 1.165) is 0 Å². The van der Waals surface area contributed by atoms with Crippen LogP contribution in [-0.2, 0) is 0 Å². The zero-order chi connectivity index (χ0) is 20.4. The molecule has 1 aromatic heterocycles. The van der Waals surface area contributed by atoms with Crippen LogP contribution in [0.2, 0.25) is 0 Å². The van der Waals surface area contributed by atoms with E-state index in [4.69, 9.17) is 4.42 Å². The van der Waals surface area contributed by atoms with Crippen molar-refractivity contribution < 1.29 is 18.0 Å². The number of hydrogen-bond acceptors (Lipinski definition) is 5. The second kappa shape index (κ2) is 7.72. The lowest BCUT2D eigenvalue weighted by Crippen LogP contribution is -2.49. The molecule has 0 bridgehead atoms. The Bertz CT molecular complexity index is 1080. The molecule has 0 N–H and O–H groups in total. The van der Waals surface area contributed by atoms with Crippen LogP contribution in [-0.4, -0.2) is 42.0 Å². The molecule has 4 rings (SSSR count). The average Bonchev–Trinajstić information content (AvgIpc) is 3.19. The standard InChI is InChI=1S/C21H16F2N4O2/c22-15-7-5-14(6-8-15)19-25-18(13-24)21(29-19)27-11-9-26(10-12-27)20(28)16-3-1-2-4-17(16)23/h1-8H,9-12H2. The average molecular weight is 394 g/mol. The van der Waals surface area contributed by atoms with Crippen molar-refractivity contribution >= 4 is 11.8 Å². The van der Waals surface area contributed by atoms with Gasteiger partial charge < -0.3 is 14.2 Å². The molecule has 0 saturated carbocycles. The summed E-state index contributed by atoms with van der Waals surface area (Å²) < 4.78 is 32.8. The quantitative estimate of drug-likeness (QED) is 0.680. The fourth-order valence-electron chi connectivity index (χ4n) is 3.23. The summed E-state index contributed by atoms with van der Waals surface area (Å²) in [6.07, 6.45) is 0. The van der Waals surface area contributed by atoms with E-state index in [1.165, 1.54) is 42.5 Å². The van der Waals surface area contributed by atoms with Gasteiger partial charge in [-0.3, -0.25) is 4.79 Å². The molecule has 0 radical (unpaired) electrons. The number of anilines is 1. The number of carbonyl (C=O) groups excluding carboxylic acids is 1. The first kappa shape index (κ1) is 18.6. The molecule has 146 valence electrons. The van der Waals surface area contributed by atoms with E-state index in [9.17, 15) is 18.8 Å². The number of amides is 1. The molecule has 0 atom stereocenters. The van der Waals surface area contributed by atoms with Crippen molar-refractivity contribution in [1.82, 2.24) is 9.88 Å². The maximum Gasteiger partial charge on any atom is 0.256 e. The first-order valence-corrected chi connectivity index (χ1v) is 9.02. The molecule has 1 fully saturated rings. The van der Waals surface area contributed by atoms with Gasteiger partial charge in [0.15, 0.2) is 0 Å². The molecule has 0 aliphatic carbocycles. The molecule has 1 amide bonds. The van der Waals surface area contributed by atoms with Crippen molar-refractivity contribution in [3.63, 3.8) is 0 Å². The maximum atomic E-state index is 13.9. The number of aromatic nitrogens is 1. The van der Waals surface area contributed by atoms with Crippen LogP contribution in [0.5, 0.6) is 0 Å². The monoisotopic (exact) mass is 394 g/mol. The zero-order valence-corrected chi connectivity index (χ0v) is 15.3. The highest BCUT2D eigenvalue weighted by atomic mass is 19.1. The number of rotatable bonds is 3. The predicted octanol–water partition coefficient (Wildman–Crippen LogP) is 3.45. The number of nitriles is 1. The largest absolute Gasteiger partial charge is 0.419 e. The van der Waals surface area contributed by atoms with Crippen molar-refractivity contribution in [2.45, 2.75) is 0 Å². The van der Waals surface area contributed by atoms with Gasteiger partial charge >= 0.3 is 0 Å². The SMILES string of the molecule is N#Cc1nc(-c2ccc(F)cc2)oc1N1CCN(C(=O)c2ccccc2F)CC1. The van der Waals surface area contributed by atoms with Crippen LogP contribution in [0.25, 0.3) is 11.5 Å². The Morgan fingerprint density at radius 1 is 1.03 bits per heavy atom. The molecular weight excluding hydrogens is 378 g/mol. The Kier molecular flexibility index (Phi) is 4.96. The fraction of sp³-hybridized carbons (Fsp3) is 0.190. The van der Waals surface area contributed by atoms with Gasteiger partial charge in [-0.1, -0.05) is 12.1 Å². The van der Waals surface area contributed by atoms with E-state index < -0.39 is 5.82 Å². The molecule has 8 heteroatoms. The third kappa shape index (κ3) is 3.67. The van der Waals surface area contributed by atoms with Crippen molar-refractivity contribution in [2.24, 2.45) is 0 Å². The van der Waals surface area contributed by atoms with Gasteiger partial charge in [0.25, 0.3) is 5.91 Å². The number of halogens is 2. The minimum atomic E-state index is -0.550. The van der Waals surface area contributed by atoms with Gasteiger partial charge in [0, 0.05) is 31.7 Å². The number of nitrogens with zero attached hydrogens (tertiary/aromatic N) is 4. The van der Waals surface area contributed by atoms with Gasteiger partial charge in [0.2, 0.25) is 17.5 Å². The van der Waals surface area contributed by atoms with Crippen LogP contribution >= 0.6 is 0 Å². The normalized spacial score (nSPS) is 14.0. The molecule has 0 unspecified atom stereocenters. The van der Waals surface area contributed by atoms with Crippen molar-refractivity contribution in [1.29, 1.82) is 5.26 Å². The van der Waals surface area contributed by atoms with Crippen LogP contribution < -0.4 is 4.90 Å². The van der Waals surface area contributed by atoms with Gasteiger partial charge in [-0.15, -0.1) is 0 Å². The van der Waals surface area contributed by atoms with Crippen molar-refractivity contribution in [2.75, 3.05) is 31.1 Å². The van der Waals surface area contributed by atoms with Gasteiger partial charge in [0.1, 0.15) is 17.7 Å². The van der Waals surface area contributed by atoms with Crippen molar-refractivity contribution in [3.8, 4) is 17.5 Å². The van der Waals surface area contributed by atoms with Gasteiger partial charge in [-0.05, 0) is 36.4 Å². The zero-order valence-electron chi connectivity index (χ0n) is 15.3. The van der Waals surface area contributed by atoms with Crippen LogP contribution in [0.4, 0.5) is 14.7 Å². The highest BCUT2D eigenvalue weighted by Gasteiger charge is 2.28. The summed E-state index contributed by atoms with van der Waals surface area (Å²) in [4.78, 5) is 20.1. The van der Waals surface area contributed by atoms with Gasteiger partial charge in [0.05, 0.1) is 5.56 Å². The van der Waals surface area contributed by atoms with Gasteiger partial charge in [-0.25, -0.2) is 8.78 Å². The molecule has 3 aromatic rings. The summed E-state index contributed by atoms with van der Waals surface area (Å²) >= 11 is 0. The van der Waals surface area contributed by atoms with Crippen LogP contribution in [0.3, 0.4) is 0 Å². The lowest BCUT2D eigenvalue weighted by Gasteiger charge is -2.34. The fourth-order valence-corrected chi connectivity index (χ4v) is 3.23. The minimum absolute atomic E-state index is 0.0388. The summed E-state index contributed by atoms with van der Waals surface area (Å²) in [5.74, 6) is -0.762. The third-order valence-electron chi connectivity index (χ3n) is 4.76. The Hall–Kier alpha value is -3.73. The summed E-state index contributed by atoms with van der Waals surface area (Å²) in [5.41, 5.74) is 0.720. The van der Waals surface area contributed by atoms with E-state index in [0.29, 0.717) is 37.6 Å². The second-order valence-electron chi connectivity index (χ2n) is 6.55. The van der Waals surface area contributed by atoms with Crippen molar-refractivity contribution in [3.05, 3.63) is 71.4 Å². The van der Waals surface area contributed by atoms with E-state index >= 15 is 0 Å². The Balaban J connectivity index is 1.50. The molecule has 1 saturated heterocycles. The number of carbonyl (C=O) groups is 1. The van der Waals surface area contributed by atoms with E-state index in [1.54, 1.807) is 11.0 Å². The molecule has 1 aliphatic heterocycles. The summed E-state index contributed by atoms with van der Waals surface area (Å²) in [5, 5.41) is 9.41. The highest BCUT2D eigenvalue weighted by Crippen LogP contribution is 2.29. The van der Waals surface area contributed by atoms with Gasteiger partial charge in [-0.2, -0.15) is 10.2 Å². The lowest BCUT2D eigenvalue weighted by atomic mass is 10.1. The first-order chi connectivity index (χ1) is 14.1. The molecule has 0 spiro atoms. The molecule has 6 nitrogen and oxygen atoms in total. The Morgan fingerprint density at radius 2 is 1.72 bits per heavy atom. The summed E-state index contributed by atoms with van der Waals surface area (Å²) in [7, 11) is 0. The topological polar surface area (TPSA) is 73.4 Å². The number of piperazine rings is 1. The molecule has 1 aliphatic rings. The molecule has 2 aromatic carbocycles. The highest BCUT2D eigenvalue weighted by molar-refractivity contribution is 5.94. The second-order valence-corrected chi connectivity index (χ2v) is 6.55. The predicted molar refractivity (Wildman–Crippen MR) is 101 cm³/mol. The number of hydrogen-bond donors (Lipinski definition) is 0. The number of benzene rings is 2. The third-order valence-corrected chi connectivity index (χ3v) is 4.76. The number of oxazole rings is 1. The summed E-state index contributed by atoms with van der Waals surface area (Å²) in [6.45, 7) is 1.52.